The van der Waals surface area contributed by atoms with Gasteiger partial charge < -0.3 is 5.32 Å². The standard InChI is InChI=1S/C13H16N4O2/c1-9(2)10-7-8-16(15-10)12-6-4-5-11(14-3)13(12)17(18)19/h4-9,14H,1-3H3. The van der Waals surface area contributed by atoms with Crippen LogP contribution in [0.25, 0.3) is 5.69 Å². The molecule has 0 aliphatic carbocycles. The van der Waals surface area contributed by atoms with Crippen molar-refractivity contribution < 1.29 is 4.92 Å². The number of anilines is 1. The van der Waals surface area contributed by atoms with E-state index in [0.717, 1.165) is 5.69 Å². The van der Waals surface area contributed by atoms with E-state index in [2.05, 4.69) is 10.4 Å². The third-order valence-electron chi connectivity index (χ3n) is 2.91. The predicted octanol–water partition coefficient (Wildman–Crippen LogP) is 2.95. The average molecular weight is 260 g/mol. The molecule has 0 spiro atoms. The van der Waals surface area contributed by atoms with E-state index in [-0.39, 0.29) is 11.6 Å². The smallest absolute Gasteiger partial charge is 0.317 e. The summed E-state index contributed by atoms with van der Waals surface area (Å²) in [6, 6.07) is 7.01. The molecule has 0 unspecified atom stereocenters. The van der Waals surface area contributed by atoms with E-state index in [9.17, 15) is 10.1 Å². The van der Waals surface area contributed by atoms with Gasteiger partial charge in [0, 0.05) is 13.2 Å². The van der Waals surface area contributed by atoms with Gasteiger partial charge in [0.2, 0.25) is 0 Å². The third kappa shape index (κ3) is 2.42. The zero-order valence-corrected chi connectivity index (χ0v) is 11.1. The van der Waals surface area contributed by atoms with Crippen LogP contribution >= 0.6 is 0 Å². The third-order valence-corrected chi connectivity index (χ3v) is 2.91. The Morgan fingerprint density at radius 2 is 2.11 bits per heavy atom. The molecule has 0 fully saturated rings. The highest BCUT2D eigenvalue weighted by Crippen LogP contribution is 2.31. The van der Waals surface area contributed by atoms with E-state index in [4.69, 9.17) is 0 Å². The van der Waals surface area contributed by atoms with Crippen molar-refractivity contribution in [2.24, 2.45) is 0 Å². The Bertz CT molecular complexity index is 604. The van der Waals surface area contributed by atoms with Crippen LogP contribution in [0.5, 0.6) is 0 Å². The molecular formula is C13H16N4O2. The van der Waals surface area contributed by atoms with Crippen molar-refractivity contribution in [2.45, 2.75) is 19.8 Å². The van der Waals surface area contributed by atoms with Gasteiger partial charge in [-0.2, -0.15) is 5.10 Å². The summed E-state index contributed by atoms with van der Waals surface area (Å²) >= 11 is 0. The number of nitrogens with zero attached hydrogens (tertiary/aromatic N) is 3. The maximum absolute atomic E-state index is 11.2. The Morgan fingerprint density at radius 3 is 2.63 bits per heavy atom. The molecule has 0 bridgehead atoms. The fourth-order valence-corrected chi connectivity index (χ4v) is 1.89. The van der Waals surface area contributed by atoms with Crippen molar-refractivity contribution in [2.75, 3.05) is 12.4 Å². The van der Waals surface area contributed by atoms with Gasteiger partial charge in [0.25, 0.3) is 0 Å². The fourth-order valence-electron chi connectivity index (χ4n) is 1.89. The number of nitrogens with one attached hydrogen (secondary N) is 1. The van der Waals surface area contributed by atoms with Gasteiger partial charge in [-0.3, -0.25) is 10.1 Å². The van der Waals surface area contributed by atoms with E-state index >= 15 is 0 Å². The molecule has 0 aliphatic heterocycles. The maximum Gasteiger partial charge on any atom is 0.317 e. The van der Waals surface area contributed by atoms with E-state index in [1.165, 1.54) is 0 Å². The van der Waals surface area contributed by atoms with Crippen molar-refractivity contribution >= 4 is 11.4 Å². The minimum absolute atomic E-state index is 0.0309. The number of benzene rings is 1. The lowest BCUT2D eigenvalue weighted by Gasteiger charge is -2.07. The summed E-state index contributed by atoms with van der Waals surface area (Å²) in [7, 11) is 1.66. The summed E-state index contributed by atoms with van der Waals surface area (Å²) in [6.45, 7) is 4.07. The highest BCUT2D eigenvalue weighted by Gasteiger charge is 2.21. The average Bonchev–Trinajstić information content (AvgIpc) is 2.87. The van der Waals surface area contributed by atoms with E-state index < -0.39 is 4.92 Å². The van der Waals surface area contributed by atoms with Crippen LogP contribution in [0.4, 0.5) is 11.4 Å². The van der Waals surface area contributed by atoms with Gasteiger partial charge in [0.05, 0.1) is 10.6 Å². The van der Waals surface area contributed by atoms with Crippen molar-refractivity contribution in [1.29, 1.82) is 0 Å². The largest absolute Gasteiger partial charge is 0.382 e. The zero-order chi connectivity index (χ0) is 14.0. The molecule has 19 heavy (non-hydrogen) atoms. The molecule has 1 heterocycles. The molecule has 1 aromatic heterocycles. The molecule has 0 aliphatic rings. The Balaban J connectivity index is 2.57. The van der Waals surface area contributed by atoms with Crippen LogP contribution in [0, 0.1) is 10.1 Å². The van der Waals surface area contributed by atoms with Crippen molar-refractivity contribution in [3.63, 3.8) is 0 Å². The Labute approximate surface area is 111 Å². The molecular weight excluding hydrogens is 244 g/mol. The molecule has 0 radical (unpaired) electrons. The van der Waals surface area contributed by atoms with Crippen LogP contribution in [0.1, 0.15) is 25.5 Å². The summed E-state index contributed by atoms with van der Waals surface area (Å²) < 4.78 is 1.55. The van der Waals surface area contributed by atoms with Crippen molar-refractivity contribution in [3.8, 4) is 5.69 Å². The topological polar surface area (TPSA) is 73.0 Å². The highest BCUT2D eigenvalue weighted by molar-refractivity contribution is 5.70. The summed E-state index contributed by atoms with van der Waals surface area (Å²) in [5.41, 5.74) is 1.88. The van der Waals surface area contributed by atoms with Crippen LogP contribution in [0.2, 0.25) is 0 Å². The molecule has 0 saturated carbocycles. The predicted molar refractivity (Wildman–Crippen MR) is 73.9 cm³/mol. The van der Waals surface area contributed by atoms with Crippen molar-refractivity contribution in [1.82, 2.24) is 9.78 Å². The molecule has 1 N–H and O–H groups in total. The van der Waals surface area contributed by atoms with Gasteiger partial charge in [0.15, 0.2) is 0 Å². The minimum atomic E-state index is -0.391. The van der Waals surface area contributed by atoms with E-state index in [0.29, 0.717) is 11.4 Å². The lowest BCUT2D eigenvalue weighted by atomic mass is 10.1. The molecule has 6 nitrogen and oxygen atoms in total. The molecule has 1 aromatic carbocycles. The lowest BCUT2D eigenvalue weighted by molar-refractivity contribution is -0.383. The SMILES string of the molecule is CNc1cccc(-n2ccc(C(C)C)n2)c1[N+](=O)[O-]. The van der Waals surface area contributed by atoms with Crippen LogP contribution in [-0.4, -0.2) is 21.8 Å². The summed E-state index contributed by atoms with van der Waals surface area (Å²) in [6.07, 6.45) is 1.75. The molecule has 0 amide bonds. The number of nitro benzene ring substituents is 1. The van der Waals surface area contributed by atoms with Gasteiger partial charge in [-0.05, 0) is 24.1 Å². The molecule has 0 atom stereocenters. The molecule has 100 valence electrons. The Morgan fingerprint density at radius 1 is 1.37 bits per heavy atom. The van der Waals surface area contributed by atoms with E-state index in [1.54, 1.807) is 36.1 Å². The summed E-state index contributed by atoms with van der Waals surface area (Å²) in [4.78, 5) is 10.8. The first-order valence-electron chi connectivity index (χ1n) is 6.05. The van der Waals surface area contributed by atoms with Gasteiger partial charge in [-0.25, -0.2) is 4.68 Å². The van der Waals surface area contributed by atoms with Crippen LogP contribution in [0.15, 0.2) is 30.5 Å². The van der Waals surface area contributed by atoms with Crippen LogP contribution < -0.4 is 5.32 Å². The Hall–Kier alpha value is -2.37. The second kappa shape index (κ2) is 5.09. The Kier molecular flexibility index (Phi) is 3.50. The number of hydrogen-bond acceptors (Lipinski definition) is 4. The first kappa shape index (κ1) is 13.1. The van der Waals surface area contributed by atoms with Gasteiger partial charge in [0.1, 0.15) is 11.4 Å². The molecule has 2 aromatic rings. The second-order valence-corrected chi connectivity index (χ2v) is 4.52. The first-order chi connectivity index (χ1) is 9.04. The van der Waals surface area contributed by atoms with Gasteiger partial charge >= 0.3 is 5.69 Å². The molecule has 6 heteroatoms. The molecule has 0 saturated heterocycles. The lowest BCUT2D eigenvalue weighted by Crippen LogP contribution is -2.04. The normalized spacial score (nSPS) is 10.7. The van der Waals surface area contributed by atoms with Crippen LogP contribution in [0.3, 0.4) is 0 Å². The number of rotatable bonds is 4. The van der Waals surface area contributed by atoms with Crippen molar-refractivity contribution in [3.05, 3.63) is 46.3 Å². The molecule has 2 rings (SSSR count). The van der Waals surface area contributed by atoms with Gasteiger partial charge in [-0.1, -0.05) is 19.9 Å². The number of para-hydroxylation sites is 1. The number of aromatic nitrogens is 2. The quantitative estimate of drug-likeness (QED) is 0.677. The summed E-state index contributed by atoms with van der Waals surface area (Å²) in [5.74, 6) is 0.285. The number of nitro groups is 1. The summed E-state index contributed by atoms with van der Waals surface area (Å²) in [5, 5.41) is 18.5. The minimum Gasteiger partial charge on any atom is -0.382 e. The maximum atomic E-state index is 11.2. The highest BCUT2D eigenvalue weighted by atomic mass is 16.6. The van der Waals surface area contributed by atoms with E-state index in [1.807, 2.05) is 19.9 Å². The monoisotopic (exact) mass is 260 g/mol. The number of hydrogen-bond donors (Lipinski definition) is 1. The van der Waals surface area contributed by atoms with Crippen LogP contribution in [-0.2, 0) is 0 Å². The van der Waals surface area contributed by atoms with Gasteiger partial charge in [-0.15, -0.1) is 0 Å². The second-order valence-electron chi connectivity index (χ2n) is 4.52. The zero-order valence-electron chi connectivity index (χ0n) is 11.1. The fraction of sp³-hybridized carbons (Fsp3) is 0.308. The first-order valence-corrected chi connectivity index (χ1v) is 6.05.